The number of pyridine rings is 1. The van der Waals surface area contributed by atoms with Crippen LogP contribution >= 0.6 is 0 Å². The average molecular weight is 199 g/mol. The van der Waals surface area contributed by atoms with Crippen molar-refractivity contribution < 1.29 is 0 Å². The molecule has 2 N–H and O–H groups in total. The highest BCUT2D eigenvalue weighted by atomic mass is 15.4. The van der Waals surface area contributed by atoms with Gasteiger partial charge in [0, 0.05) is 18.8 Å². The van der Waals surface area contributed by atoms with Gasteiger partial charge in [0.1, 0.15) is 0 Å². The van der Waals surface area contributed by atoms with Crippen molar-refractivity contribution in [3.05, 3.63) is 48.7 Å². The quantitative estimate of drug-likeness (QED) is 0.594. The molecule has 1 heterocycles. The van der Waals surface area contributed by atoms with Crippen LogP contribution in [0.15, 0.2) is 48.7 Å². The predicted octanol–water partition coefficient (Wildman–Crippen LogP) is 2.06. The third-order valence-electron chi connectivity index (χ3n) is 2.24. The third kappa shape index (κ3) is 2.14. The Bertz CT molecular complexity index is 420. The number of aromatic nitrogens is 1. The Morgan fingerprint density at radius 3 is 2.33 bits per heavy atom. The van der Waals surface area contributed by atoms with Crippen molar-refractivity contribution in [1.82, 2.24) is 4.98 Å². The summed E-state index contributed by atoms with van der Waals surface area (Å²) in [5.74, 6) is 5.62. The molecule has 3 nitrogen and oxygen atoms in total. The SMILES string of the molecule is CN(N)c1ccc(-c2ccccn2)cc1. The van der Waals surface area contributed by atoms with Crippen LogP contribution in [0.4, 0.5) is 5.69 Å². The van der Waals surface area contributed by atoms with E-state index in [0.717, 1.165) is 16.9 Å². The van der Waals surface area contributed by atoms with Crippen molar-refractivity contribution in [3.8, 4) is 11.3 Å². The minimum absolute atomic E-state index is 0.976. The van der Waals surface area contributed by atoms with E-state index in [1.54, 1.807) is 11.2 Å². The molecule has 2 rings (SSSR count). The number of nitrogens with zero attached hydrogens (tertiary/aromatic N) is 2. The highest BCUT2D eigenvalue weighted by Crippen LogP contribution is 2.19. The number of rotatable bonds is 2. The highest BCUT2D eigenvalue weighted by Gasteiger charge is 1.99. The van der Waals surface area contributed by atoms with Gasteiger partial charge >= 0.3 is 0 Å². The second-order valence-electron chi connectivity index (χ2n) is 3.37. The van der Waals surface area contributed by atoms with E-state index in [9.17, 15) is 0 Å². The molecular formula is C12H13N3. The molecule has 0 atom stereocenters. The minimum Gasteiger partial charge on any atom is -0.314 e. The number of nitrogens with two attached hydrogens (primary N) is 1. The van der Waals surface area contributed by atoms with Crippen molar-refractivity contribution in [2.24, 2.45) is 5.84 Å². The van der Waals surface area contributed by atoms with E-state index in [1.165, 1.54) is 0 Å². The van der Waals surface area contributed by atoms with Gasteiger partial charge in [-0.25, -0.2) is 5.84 Å². The van der Waals surface area contributed by atoms with Crippen molar-refractivity contribution in [2.75, 3.05) is 12.1 Å². The fourth-order valence-corrected chi connectivity index (χ4v) is 1.40. The van der Waals surface area contributed by atoms with Crippen LogP contribution in [0.2, 0.25) is 0 Å². The smallest absolute Gasteiger partial charge is 0.0701 e. The van der Waals surface area contributed by atoms with E-state index in [2.05, 4.69) is 4.98 Å². The number of hydrogen-bond acceptors (Lipinski definition) is 3. The fourth-order valence-electron chi connectivity index (χ4n) is 1.40. The third-order valence-corrected chi connectivity index (χ3v) is 2.24. The zero-order valence-electron chi connectivity index (χ0n) is 8.59. The lowest BCUT2D eigenvalue weighted by Crippen LogP contribution is -2.24. The Morgan fingerprint density at radius 2 is 1.80 bits per heavy atom. The van der Waals surface area contributed by atoms with E-state index in [-0.39, 0.29) is 0 Å². The van der Waals surface area contributed by atoms with Gasteiger partial charge < -0.3 is 5.01 Å². The molecule has 1 aromatic carbocycles. The number of anilines is 1. The van der Waals surface area contributed by atoms with Crippen molar-refractivity contribution in [1.29, 1.82) is 0 Å². The first-order chi connectivity index (χ1) is 7.27. The first-order valence-corrected chi connectivity index (χ1v) is 4.77. The van der Waals surface area contributed by atoms with Crippen LogP contribution in [0.1, 0.15) is 0 Å². The lowest BCUT2D eigenvalue weighted by molar-refractivity contribution is 1.02. The molecule has 0 bridgehead atoms. The second kappa shape index (κ2) is 4.11. The van der Waals surface area contributed by atoms with E-state index in [4.69, 9.17) is 5.84 Å². The van der Waals surface area contributed by atoms with Gasteiger partial charge in [0.05, 0.1) is 11.4 Å². The highest BCUT2D eigenvalue weighted by molar-refractivity contribution is 5.62. The van der Waals surface area contributed by atoms with Gasteiger partial charge in [-0.05, 0) is 24.3 Å². The summed E-state index contributed by atoms with van der Waals surface area (Å²) in [5, 5.41) is 1.59. The zero-order valence-corrected chi connectivity index (χ0v) is 8.59. The molecule has 1 aromatic heterocycles. The number of benzene rings is 1. The second-order valence-corrected chi connectivity index (χ2v) is 3.37. The Labute approximate surface area is 89.1 Å². The van der Waals surface area contributed by atoms with Gasteiger partial charge in [-0.2, -0.15) is 0 Å². The first-order valence-electron chi connectivity index (χ1n) is 4.77. The molecule has 3 heteroatoms. The van der Waals surface area contributed by atoms with Gasteiger partial charge in [0.25, 0.3) is 0 Å². The summed E-state index contributed by atoms with van der Waals surface area (Å²) < 4.78 is 0. The van der Waals surface area contributed by atoms with Crippen molar-refractivity contribution in [3.63, 3.8) is 0 Å². The molecular weight excluding hydrogens is 186 g/mol. The monoisotopic (exact) mass is 199 g/mol. The normalized spacial score (nSPS) is 10.0. The lowest BCUT2D eigenvalue weighted by atomic mass is 10.1. The van der Waals surface area contributed by atoms with Gasteiger partial charge in [-0.3, -0.25) is 4.98 Å². The zero-order chi connectivity index (χ0) is 10.7. The van der Waals surface area contributed by atoms with Crippen LogP contribution < -0.4 is 10.9 Å². The molecule has 2 aromatic rings. The van der Waals surface area contributed by atoms with Gasteiger partial charge in [0.2, 0.25) is 0 Å². The fraction of sp³-hybridized carbons (Fsp3) is 0.0833. The Hall–Kier alpha value is -1.87. The molecule has 0 amide bonds. The average Bonchev–Trinajstić information content (AvgIpc) is 2.30. The number of hydrazine groups is 1. The van der Waals surface area contributed by atoms with E-state index in [1.807, 2.05) is 49.5 Å². The predicted molar refractivity (Wildman–Crippen MR) is 62.3 cm³/mol. The van der Waals surface area contributed by atoms with Crippen LogP contribution in [0.3, 0.4) is 0 Å². The van der Waals surface area contributed by atoms with Crippen LogP contribution in [-0.2, 0) is 0 Å². The topological polar surface area (TPSA) is 42.1 Å². The molecule has 0 fully saturated rings. The van der Waals surface area contributed by atoms with Crippen molar-refractivity contribution in [2.45, 2.75) is 0 Å². The molecule has 15 heavy (non-hydrogen) atoms. The molecule has 0 aliphatic carbocycles. The van der Waals surface area contributed by atoms with Gasteiger partial charge in [-0.1, -0.05) is 18.2 Å². The maximum atomic E-state index is 5.62. The van der Waals surface area contributed by atoms with Crippen LogP contribution in [0.25, 0.3) is 11.3 Å². The molecule has 0 aliphatic rings. The molecule has 0 spiro atoms. The molecule has 0 unspecified atom stereocenters. The maximum Gasteiger partial charge on any atom is 0.0701 e. The Balaban J connectivity index is 2.32. The summed E-state index contributed by atoms with van der Waals surface area (Å²) in [5.41, 5.74) is 3.06. The minimum atomic E-state index is 0.976. The largest absolute Gasteiger partial charge is 0.314 e. The molecule has 0 saturated carbocycles. The summed E-state index contributed by atoms with van der Waals surface area (Å²) in [6, 6.07) is 13.9. The Morgan fingerprint density at radius 1 is 1.07 bits per heavy atom. The van der Waals surface area contributed by atoms with E-state index >= 15 is 0 Å². The summed E-state index contributed by atoms with van der Waals surface area (Å²) in [6.45, 7) is 0. The Kier molecular flexibility index (Phi) is 2.65. The first kappa shape index (κ1) is 9.68. The van der Waals surface area contributed by atoms with E-state index in [0.29, 0.717) is 0 Å². The summed E-state index contributed by atoms with van der Waals surface area (Å²) in [4.78, 5) is 4.28. The summed E-state index contributed by atoms with van der Waals surface area (Å²) in [6.07, 6.45) is 1.79. The van der Waals surface area contributed by atoms with Crippen LogP contribution in [-0.4, -0.2) is 12.0 Å². The lowest BCUT2D eigenvalue weighted by Gasteiger charge is -2.11. The summed E-state index contributed by atoms with van der Waals surface area (Å²) >= 11 is 0. The maximum absolute atomic E-state index is 5.62. The van der Waals surface area contributed by atoms with Crippen LogP contribution in [0.5, 0.6) is 0 Å². The van der Waals surface area contributed by atoms with Gasteiger partial charge in [0.15, 0.2) is 0 Å². The molecule has 76 valence electrons. The number of hydrogen-bond donors (Lipinski definition) is 1. The molecule has 0 radical (unpaired) electrons. The molecule has 0 saturated heterocycles. The van der Waals surface area contributed by atoms with Crippen molar-refractivity contribution >= 4 is 5.69 Å². The van der Waals surface area contributed by atoms with Gasteiger partial charge in [-0.15, -0.1) is 0 Å². The van der Waals surface area contributed by atoms with Crippen LogP contribution in [0, 0.1) is 0 Å². The standard InChI is InChI=1S/C12H13N3/c1-15(13)11-7-5-10(6-8-11)12-4-2-3-9-14-12/h2-9H,13H2,1H3. The molecule has 0 aliphatic heterocycles. The van der Waals surface area contributed by atoms with E-state index < -0.39 is 0 Å². The summed E-state index contributed by atoms with van der Waals surface area (Å²) in [7, 11) is 1.82.